The summed E-state index contributed by atoms with van der Waals surface area (Å²) >= 11 is 1.57. The molecule has 0 unspecified atom stereocenters. The molecule has 1 aliphatic carbocycles. The normalized spacial score (nSPS) is 13.8. The Bertz CT molecular complexity index is 1010. The Morgan fingerprint density at radius 3 is 2.96 bits per heavy atom. The molecule has 2 aliphatic rings. The summed E-state index contributed by atoms with van der Waals surface area (Å²) in [5.41, 5.74) is 4.40. The number of fused-ring (bicyclic) bond motifs is 4. The monoisotopic (exact) mass is 364 g/mol. The lowest BCUT2D eigenvalue weighted by molar-refractivity contribution is -0.115. The van der Waals surface area contributed by atoms with Crippen molar-refractivity contribution in [3.63, 3.8) is 0 Å². The molecule has 1 amide bonds. The van der Waals surface area contributed by atoms with Gasteiger partial charge in [0.25, 0.3) is 0 Å². The fourth-order valence-electron chi connectivity index (χ4n) is 3.40. The van der Waals surface area contributed by atoms with E-state index < -0.39 is 0 Å². The van der Waals surface area contributed by atoms with E-state index in [4.69, 9.17) is 9.47 Å². The van der Waals surface area contributed by atoms with Crippen LogP contribution < -0.4 is 14.8 Å². The number of benzene rings is 2. The summed E-state index contributed by atoms with van der Waals surface area (Å²) in [6.45, 7) is 0.233. The molecule has 3 aromatic rings. The molecule has 5 rings (SSSR count). The van der Waals surface area contributed by atoms with Crippen LogP contribution in [0.3, 0.4) is 0 Å². The zero-order valence-corrected chi connectivity index (χ0v) is 14.8. The Kier molecular flexibility index (Phi) is 3.64. The third-order valence-electron chi connectivity index (χ3n) is 4.64. The van der Waals surface area contributed by atoms with Gasteiger partial charge in [0, 0.05) is 10.4 Å². The quantitative estimate of drug-likeness (QED) is 0.768. The van der Waals surface area contributed by atoms with E-state index >= 15 is 0 Å². The minimum atomic E-state index is -0.0803. The smallest absolute Gasteiger partial charge is 0.231 e. The molecular formula is C20H16N2O3S. The molecule has 2 aromatic carbocycles. The first kappa shape index (κ1) is 15.4. The third kappa shape index (κ3) is 2.72. The number of anilines is 1. The summed E-state index contributed by atoms with van der Waals surface area (Å²) < 4.78 is 10.7. The first-order chi connectivity index (χ1) is 12.8. The van der Waals surface area contributed by atoms with Gasteiger partial charge in [0.05, 0.1) is 12.1 Å². The zero-order valence-electron chi connectivity index (χ0n) is 14.0. The fraction of sp³-hybridized carbons (Fsp3) is 0.200. The summed E-state index contributed by atoms with van der Waals surface area (Å²) in [5.74, 6) is 1.33. The first-order valence-corrected chi connectivity index (χ1v) is 9.34. The molecule has 0 saturated carbocycles. The number of hydrogen-bond donors (Lipinski definition) is 1. The second-order valence-electron chi connectivity index (χ2n) is 6.36. The highest BCUT2D eigenvalue weighted by atomic mass is 32.1. The van der Waals surface area contributed by atoms with Gasteiger partial charge in [0.1, 0.15) is 0 Å². The second kappa shape index (κ2) is 6.14. The minimum absolute atomic E-state index is 0.0803. The number of aromatic nitrogens is 1. The molecule has 5 nitrogen and oxygen atoms in total. The van der Waals surface area contributed by atoms with Gasteiger partial charge in [0.2, 0.25) is 12.7 Å². The van der Waals surface area contributed by atoms with Crippen LogP contribution in [0.5, 0.6) is 11.5 Å². The van der Waals surface area contributed by atoms with Gasteiger partial charge in [-0.2, -0.15) is 0 Å². The molecule has 0 fully saturated rings. The third-order valence-corrected chi connectivity index (χ3v) is 5.67. The largest absolute Gasteiger partial charge is 0.454 e. The lowest BCUT2D eigenvalue weighted by atomic mass is 9.94. The molecule has 1 aliphatic heterocycles. The molecule has 0 atom stereocenters. The average Bonchev–Trinajstić information content (AvgIpc) is 3.27. The number of aryl methyl sites for hydroxylation is 2. The molecule has 130 valence electrons. The summed E-state index contributed by atoms with van der Waals surface area (Å²) in [6.07, 6.45) is 2.27. The highest BCUT2D eigenvalue weighted by molar-refractivity contribution is 7.16. The predicted molar refractivity (Wildman–Crippen MR) is 99.9 cm³/mol. The maximum absolute atomic E-state index is 12.4. The van der Waals surface area contributed by atoms with Crippen molar-refractivity contribution in [2.75, 3.05) is 12.1 Å². The van der Waals surface area contributed by atoms with Crippen LogP contribution in [0.4, 0.5) is 5.13 Å². The van der Waals surface area contributed by atoms with E-state index in [0.29, 0.717) is 10.9 Å². The number of ether oxygens (including phenoxy) is 2. The van der Waals surface area contributed by atoms with Gasteiger partial charge in [-0.25, -0.2) is 4.98 Å². The van der Waals surface area contributed by atoms with Gasteiger partial charge < -0.3 is 14.8 Å². The Morgan fingerprint density at radius 1 is 1.12 bits per heavy atom. The molecule has 1 N–H and O–H groups in total. The van der Waals surface area contributed by atoms with Gasteiger partial charge in [-0.15, -0.1) is 11.3 Å². The van der Waals surface area contributed by atoms with Crippen molar-refractivity contribution in [1.82, 2.24) is 4.98 Å². The Balaban J connectivity index is 1.33. The molecule has 6 heteroatoms. The number of nitrogens with zero attached hydrogens (tertiary/aromatic N) is 1. The van der Waals surface area contributed by atoms with Crippen LogP contribution in [0.15, 0.2) is 42.5 Å². The SMILES string of the molecule is O=C(Cc1ccc2c(c1)OCO2)Nc1nc2c(s1)CCc1ccccc1-2. The number of nitrogens with one attached hydrogen (secondary N) is 1. The molecule has 1 aromatic heterocycles. The van der Waals surface area contributed by atoms with Crippen molar-refractivity contribution in [3.8, 4) is 22.8 Å². The molecule has 2 heterocycles. The van der Waals surface area contributed by atoms with Gasteiger partial charge >= 0.3 is 0 Å². The fourth-order valence-corrected chi connectivity index (χ4v) is 4.39. The summed E-state index contributed by atoms with van der Waals surface area (Å²) in [4.78, 5) is 18.3. The van der Waals surface area contributed by atoms with Crippen molar-refractivity contribution in [1.29, 1.82) is 0 Å². The highest BCUT2D eigenvalue weighted by Gasteiger charge is 2.21. The Hall–Kier alpha value is -2.86. The van der Waals surface area contributed by atoms with Gasteiger partial charge in [0.15, 0.2) is 16.6 Å². The van der Waals surface area contributed by atoms with Crippen molar-refractivity contribution >= 4 is 22.4 Å². The average molecular weight is 364 g/mol. The highest BCUT2D eigenvalue weighted by Crippen LogP contribution is 2.38. The van der Waals surface area contributed by atoms with Crippen LogP contribution in [0.25, 0.3) is 11.3 Å². The molecular weight excluding hydrogens is 348 g/mol. The van der Waals surface area contributed by atoms with E-state index in [1.807, 2.05) is 24.3 Å². The number of rotatable bonds is 3. The summed E-state index contributed by atoms with van der Waals surface area (Å²) in [7, 11) is 0. The molecule has 0 bridgehead atoms. The first-order valence-electron chi connectivity index (χ1n) is 8.52. The van der Waals surface area contributed by atoms with Crippen molar-refractivity contribution in [2.45, 2.75) is 19.3 Å². The second-order valence-corrected chi connectivity index (χ2v) is 7.44. The number of thiazole rings is 1. The lowest BCUT2D eigenvalue weighted by Crippen LogP contribution is -2.14. The van der Waals surface area contributed by atoms with Crippen LogP contribution in [0.1, 0.15) is 16.0 Å². The van der Waals surface area contributed by atoms with E-state index in [9.17, 15) is 4.79 Å². The minimum Gasteiger partial charge on any atom is -0.454 e. The predicted octanol–water partition coefficient (Wildman–Crippen LogP) is 3.82. The Morgan fingerprint density at radius 2 is 2.00 bits per heavy atom. The van der Waals surface area contributed by atoms with Crippen molar-refractivity contribution < 1.29 is 14.3 Å². The number of carbonyl (C=O) groups excluding carboxylic acids is 1. The van der Waals surface area contributed by atoms with Gasteiger partial charge in [-0.05, 0) is 36.1 Å². The number of carbonyl (C=O) groups is 1. The molecule has 0 spiro atoms. The van der Waals surface area contributed by atoms with Crippen molar-refractivity contribution in [3.05, 3.63) is 58.5 Å². The van der Waals surface area contributed by atoms with Crippen LogP contribution in [-0.4, -0.2) is 17.7 Å². The Labute approximate surface area is 154 Å². The van der Waals surface area contributed by atoms with Gasteiger partial charge in [-0.1, -0.05) is 30.3 Å². The topological polar surface area (TPSA) is 60.5 Å². The standard InChI is InChI=1S/C20H16N2O3S/c23-18(10-12-5-7-15-16(9-12)25-11-24-15)21-20-22-19-14-4-2-1-3-13(14)6-8-17(19)26-20/h1-5,7,9H,6,8,10-11H2,(H,21,22,23). The zero-order chi connectivity index (χ0) is 17.5. The lowest BCUT2D eigenvalue weighted by Gasteiger charge is -2.13. The van der Waals surface area contributed by atoms with E-state index in [0.717, 1.165) is 29.8 Å². The van der Waals surface area contributed by atoms with Crippen LogP contribution in [0.2, 0.25) is 0 Å². The van der Waals surface area contributed by atoms with Gasteiger partial charge in [-0.3, -0.25) is 4.79 Å². The molecule has 0 radical (unpaired) electrons. The van der Waals surface area contributed by atoms with E-state index in [1.165, 1.54) is 16.0 Å². The number of amides is 1. The van der Waals surface area contributed by atoms with Crippen LogP contribution >= 0.6 is 11.3 Å². The van der Waals surface area contributed by atoms with E-state index in [1.54, 1.807) is 11.3 Å². The number of hydrogen-bond acceptors (Lipinski definition) is 5. The van der Waals surface area contributed by atoms with E-state index in [2.05, 4.69) is 28.5 Å². The van der Waals surface area contributed by atoms with E-state index in [-0.39, 0.29) is 19.1 Å². The molecule has 26 heavy (non-hydrogen) atoms. The maximum atomic E-state index is 12.4. The van der Waals surface area contributed by atoms with Crippen molar-refractivity contribution in [2.24, 2.45) is 0 Å². The van der Waals surface area contributed by atoms with Crippen LogP contribution in [-0.2, 0) is 24.1 Å². The summed E-state index contributed by atoms with van der Waals surface area (Å²) in [6, 6.07) is 13.9. The molecule has 0 saturated heterocycles. The summed E-state index contributed by atoms with van der Waals surface area (Å²) in [5, 5.41) is 3.61. The maximum Gasteiger partial charge on any atom is 0.231 e. The van der Waals surface area contributed by atoms with Crippen LogP contribution in [0, 0.1) is 0 Å².